The van der Waals surface area contributed by atoms with Gasteiger partial charge in [0.15, 0.2) is 0 Å². The topological polar surface area (TPSA) is 82.5 Å². The summed E-state index contributed by atoms with van der Waals surface area (Å²) in [5.41, 5.74) is 0.664. The molecule has 1 saturated heterocycles. The third kappa shape index (κ3) is 4.91. The summed E-state index contributed by atoms with van der Waals surface area (Å²) < 4.78 is 11.2. The Morgan fingerprint density at radius 1 is 1.40 bits per heavy atom. The van der Waals surface area contributed by atoms with Crippen LogP contribution in [0.15, 0.2) is 29.8 Å². The SMILES string of the molecule is COC(=O)C1C[C@H](OC(=O)n2ccc(/C=C/c3cccs3)n2)CN1.Cl. The average molecular weight is 384 g/mol. The van der Waals surface area contributed by atoms with E-state index in [-0.39, 0.29) is 24.5 Å². The number of hydrogen-bond donors (Lipinski definition) is 1. The van der Waals surface area contributed by atoms with E-state index in [1.54, 1.807) is 23.6 Å². The molecule has 9 heteroatoms. The zero-order valence-electron chi connectivity index (χ0n) is 13.5. The third-order valence-electron chi connectivity index (χ3n) is 3.60. The van der Waals surface area contributed by atoms with E-state index in [1.165, 1.54) is 7.11 Å². The molecular weight excluding hydrogens is 366 g/mol. The van der Waals surface area contributed by atoms with Crippen molar-refractivity contribution in [3.05, 3.63) is 40.3 Å². The largest absolute Gasteiger partial charge is 0.468 e. The predicted octanol–water partition coefficient (Wildman–Crippen LogP) is 2.43. The average Bonchev–Trinajstić information content (AvgIpc) is 3.32. The van der Waals surface area contributed by atoms with E-state index in [9.17, 15) is 9.59 Å². The molecule has 0 radical (unpaired) electrons. The second-order valence-corrected chi connectivity index (χ2v) is 6.24. The van der Waals surface area contributed by atoms with Crippen LogP contribution in [0.5, 0.6) is 0 Å². The fourth-order valence-electron chi connectivity index (χ4n) is 2.39. The monoisotopic (exact) mass is 383 g/mol. The Balaban J connectivity index is 0.00000225. The maximum absolute atomic E-state index is 12.1. The molecule has 1 aliphatic rings. The van der Waals surface area contributed by atoms with Gasteiger partial charge in [-0.25, -0.2) is 4.79 Å². The van der Waals surface area contributed by atoms with Crippen LogP contribution in [0.2, 0.25) is 0 Å². The number of esters is 1. The van der Waals surface area contributed by atoms with Gasteiger partial charge in [-0.15, -0.1) is 23.7 Å². The lowest BCUT2D eigenvalue weighted by Gasteiger charge is -2.10. The fraction of sp³-hybridized carbons (Fsp3) is 0.312. The molecule has 0 aliphatic carbocycles. The maximum Gasteiger partial charge on any atom is 0.435 e. The van der Waals surface area contributed by atoms with E-state index >= 15 is 0 Å². The van der Waals surface area contributed by atoms with Crippen molar-refractivity contribution < 1.29 is 19.1 Å². The van der Waals surface area contributed by atoms with Crippen molar-refractivity contribution in [2.45, 2.75) is 18.6 Å². The third-order valence-corrected chi connectivity index (χ3v) is 4.44. The number of ether oxygens (including phenoxy) is 2. The normalized spacial score (nSPS) is 19.6. The number of aromatic nitrogens is 2. The number of nitrogens with zero attached hydrogens (tertiary/aromatic N) is 2. The van der Waals surface area contributed by atoms with Gasteiger partial charge in [0, 0.05) is 24.0 Å². The number of nitrogens with one attached hydrogen (secondary N) is 1. The minimum atomic E-state index is -0.567. The summed E-state index contributed by atoms with van der Waals surface area (Å²) in [4.78, 5) is 24.7. The van der Waals surface area contributed by atoms with Crippen LogP contribution in [0.25, 0.3) is 12.2 Å². The summed E-state index contributed by atoms with van der Waals surface area (Å²) in [7, 11) is 1.33. The van der Waals surface area contributed by atoms with Crippen molar-refractivity contribution in [2.75, 3.05) is 13.7 Å². The summed E-state index contributed by atoms with van der Waals surface area (Å²) in [6.45, 7) is 0.415. The van der Waals surface area contributed by atoms with Gasteiger partial charge in [-0.2, -0.15) is 9.78 Å². The Morgan fingerprint density at radius 3 is 2.96 bits per heavy atom. The number of hydrogen-bond acceptors (Lipinski definition) is 7. The first-order valence-electron chi connectivity index (χ1n) is 7.45. The molecule has 0 amide bonds. The van der Waals surface area contributed by atoms with Crippen molar-refractivity contribution in [3.8, 4) is 0 Å². The first-order valence-corrected chi connectivity index (χ1v) is 8.33. The van der Waals surface area contributed by atoms with Gasteiger partial charge in [0.25, 0.3) is 0 Å². The van der Waals surface area contributed by atoms with Gasteiger partial charge in [0.05, 0.1) is 12.8 Å². The molecule has 0 saturated carbocycles. The minimum absolute atomic E-state index is 0. The number of thiophene rings is 1. The van der Waals surface area contributed by atoms with Crippen molar-refractivity contribution in [1.29, 1.82) is 0 Å². The lowest BCUT2D eigenvalue weighted by atomic mass is 10.2. The van der Waals surface area contributed by atoms with Crippen molar-refractivity contribution >= 4 is 48.0 Å². The van der Waals surface area contributed by atoms with Gasteiger partial charge in [0.2, 0.25) is 0 Å². The van der Waals surface area contributed by atoms with Crippen LogP contribution in [-0.4, -0.2) is 47.6 Å². The highest BCUT2D eigenvalue weighted by Gasteiger charge is 2.32. The smallest absolute Gasteiger partial charge is 0.435 e. The maximum atomic E-state index is 12.1. The molecule has 7 nitrogen and oxygen atoms in total. The molecule has 0 aromatic carbocycles. The molecule has 3 rings (SSSR count). The molecule has 2 atom stereocenters. The van der Waals surface area contributed by atoms with E-state index in [4.69, 9.17) is 4.74 Å². The Hall–Kier alpha value is -2.16. The van der Waals surface area contributed by atoms with Gasteiger partial charge in [-0.05, 0) is 29.7 Å². The molecule has 25 heavy (non-hydrogen) atoms. The molecule has 0 bridgehead atoms. The molecule has 3 heterocycles. The van der Waals surface area contributed by atoms with Crippen LogP contribution in [0.1, 0.15) is 17.0 Å². The second kappa shape index (κ2) is 8.80. The fourth-order valence-corrected chi connectivity index (χ4v) is 3.01. The van der Waals surface area contributed by atoms with Gasteiger partial charge < -0.3 is 14.8 Å². The molecule has 2 aromatic heterocycles. The number of carbonyl (C=O) groups excluding carboxylic acids is 2. The number of methoxy groups -OCH3 is 1. The Labute approximate surface area is 155 Å². The van der Waals surface area contributed by atoms with Crippen molar-refractivity contribution in [3.63, 3.8) is 0 Å². The number of halogens is 1. The second-order valence-electron chi connectivity index (χ2n) is 5.26. The highest BCUT2D eigenvalue weighted by Crippen LogP contribution is 2.14. The van der Waals surface area contributed by atoms with Crippen molar-refractivity contribution in [1.82, 2.24) is 15.1 Å². The lowest BCUT2D eigenvalue weighted by molar-refractivity contribution is -0.142. The summed E-state index contributed by atoms with van der Waals surface area (Å²) in [6.07, 6.45) is 4.77. The van der Waals surface area contributed by atoms with Gasteiger partial charge in [0.1, 0.15) is 12.1 Å². The van der Waals surface area contributed by atoms with Gasteiger partial charge >= 0.3 is 12.1 Å². The molecule has 1 unspecified atom stereocenters. The summed E-state index contributed by atoms with van der Waals surface area (Å²) >= 11 is 1.62. The Bertz CT molecular complexity index is 744. The first-order chi connectivity index (χ1) is 11.7. The highest BCUT2D eigenvalue weighted by atomic mass is 35.5. The zero-order chi connectivity index (χ0) is 16.9. The standard InChI is InChI=1S/C16H17N3O4S.ClH/c1-22-15(20)14-9-12(10-17-14)23-16(21)19-7-6-11(18-19)4-5-13-3-2-8-24-13;/h2-8,12,14,17H,9-10H2,1H3;1H/b5-4+;/t12-,14?;/m0./s1. The van der Waals surface area contributed by atoms with E-state index in [0.29, 0.717) is 18.7 Å². The van der Waals surface area contributed by atoms with Gasteiger partial charge in [-0.3, -0.25) is 4.79 Å². The predicted molar refractivity (Wildman–Crippen MR) is 96.8 cm³/mol. The van der Waals surface area contributed by atoms with E-state index in [0.717, 1.165) is 9.56 Å². The molecule has 2 aromatic rings. The number of rotatable bonds is 4. The molecule has 0 spiro atoms. The van der Waals surface area contributed by atoms with Crippen molar-refractivity contribution in [2.24, 2.45) is 0 Å². The Morgan fingerprint density at radius 2 is 2.24 bits per heavy atom. The van der Waals surface area contributed by atoms with Gasteiger partial charge in [-0.1, -0.05) is 6.07 Å². The molecule has 134 valence electrons. The summed E-state index contributed by atoms with van der Waals surface area (Å²) in [6, 6.07) is 5.26. The molecular formula is C16H18ClN3O4S. The van der Waals surface area contributed by atoms with E-state index in [1.807, 2.05) is 29.7 Å². The lowest BCUT2D eigenvalue weighted by Crippen LogP contribution is -2.31. The van der Waals surface area contributed by atoms with Crippen LogP contribution >= 0.6 is 23.7 Å². The van der Waals surface area contributed by atoms with E-state index in [2.05, 4.69) is 15.2 Å². The number of carbonyl (C=O) groups is 2. The van der Waals surface area contributed by atoms with Crippen LogP contribution in [-0.2, 0) is 14.3 Å². The first kappa shape index (κ1) is 19.2. The molecule has 1 aliphatic heterocycles. The summed E-state index contributed by atoms with van der Waals surface area (Å²) in [5.74, 6) is -0.353. The summed E-state index contributed by atoms with van der Waals surface area (Å²) in [5, 5.41) is 9.13. The van der Waals surface area contributed by atoms with Crippen LogP contribution in [0, 0.1) is 0 Å². The minimum Gasteiger partial charge on any atom is -0.468 e. The van der Waals surface area contributed by atoms with Crippen LogP contribution in [0.4, 0.5) is 4.79 Å². The van der Waals surface area contributed by atoms with Crippen LogP contribution < -0.4 is 5.32 Å². The quantitative estimate of drug-likeness (QED) is 0.816. The zero-order valence-corrected chi connectivity index (χ0v) is 15.1. The highest BCUT2D eigenvalue weighted by molar-refractivity contribution is 7.10. The van der Waals surface area contributed by atoms with E-state index < -0.39 is 12.1 Å². The van der Waals surface area contributed by atoms with Crippen LogP contribution in [0.3, 0.4) is 0 Å². The molecule has 1 N–H and O–H groups in total. The Kier molecular flexibility index (Phi) is 6.74. The molecule has 1 fully saturated rings.